The molecule has 0 aliphatic carbocycles. The van der Waals surface area contributed by atoms with Gasteiger partial charge in [-0.2, -0.15) is 0 Å². The highest BCUT2D eigenvalue weighted by Crippen LogP contribution is 2.27. The SMILES string of the molecule is Cc1ccc(S(=O)(=O)NC2CCOC2C)cc1-c1cn2c(N)ncnc2n1. The van der Waals surface area contributed by atoms with Crippen molar-refractivity contribution in [3.8, 4) is 11.3 Å². The van der Waals surface area contributed by atoms with Crippen molar-refractivity contribution >= 4 is 21.7 Å². The third-order valence-electron chi connectivity index (χ3n) is 4.78. The molecule has 3 heterocycles. The number of hydrogen-bond acceptors (Lipinski definition) is 7. The minimum absolute atomic E-state index is 0.148. The number of nitrogen functional groups attached to an aromatic ring is 1. The molecule has 1 fully saturated rings. The van der Waals surface area contributed by atoms with E-state index in [0.29, 0.717) is 30.1 Å². The highest BCUT2D eigenvalue weighted by Gasteiger charge is 2.29. The van der Waals surface area contributed by atoms with Gasteiger partial charge in [0.15, 0.2) is 0 Å². The third kappa shape index (κ3) is 3.27. The van der Waals surface area contributed by atoms with Crippen LogP contribution < -0.4 is 10.5 Å². The molecule has 2 atom stereocenters. The molecule has 142 valence electrons. The van der Waals surface area contributed by atoms with E-state index in [0.717, 1.165) is 5.56 Å². The summed E-state index contributed by atoms with van der Waals surface area (Å²) in [6.07, 6.45) is 3.54. The van der Waals surface area contributed by atoms with Crippen molar-refractivity contribution in [3.63, 3.8) is 0 Å². The number of imidazole rings is 1. The lowest BCUT2D eigenvalue weighted by atomic mass is 10.1. The van der Waals surface area contributed by atoms with Gasteiger partial charge in [0.05, 0.1) is 22.7 Å². The van der Waals surface area contributed by atoms with E-state index in [1.54, 1.807) is 28.8 Å². The maximum absolute atomic E-state index is 12.8. The van der Waals surface area contributed by atoms with Crippen LogP contribution in [0.1, 0.15) is 18.9 Å². The van der Waals surface area contributed by atoms with Gasteiger partial charge in [0.1, 0.15) is 6.33 Å². The molecular formula is C17H20N6O3S. The first-order valence-electron chi connectivity index (χ1n) is 8.56. The second kappa shape index (κ2) is 6.55. The number of sulfonamides is 1. The van der Waals surface area contributed by atoms with E-state index in [1.807, 2.05) is 13.8 Å². The Balaban J connectivity index is 1.73. The lowest BCUT2D eigenvalue weighted by Gasteiger charge is -2.17. The molecule has 0 radical (unpaired) electrons. The van der Waals surface area contributed by atoms with Crippen LogP contribution in [0.15, 0.2) is 35.6 Å². The van der Waals surface area contributed by atoms with Crippen molar-refractivity contribution < 1.29 is 13.2 Å². The number of fused-ring (bicyclic) bond motifs is 1. The zero-order valence-electron chi connectivity index (χ0n) is 15.0. The van der Waals surface area contributed by atoms with Gasteiger partial charge >= 0.3 is 0 Å². The van der Waals surface area contributed by atoms with Gasteiger partial charge in [-0.25, -0.2) is 28.1 Å². The predicted molar refractivity (Wildman–Crippen MR) is 99.5 cm³/mol. The number of nitrogens with one attached hydrogen (secondary N) is 1. The van der Waals surface area contributed by atoms with Gasteiger partial charge in [-0.1, -0.05) is 6.07 Å². The van der Waals surface area contributed by atoms with Crippen molar-refractivity contribution in [1.29, 1.82) is 0 Å². The molecule has 1 aromatic carbocycles. The number of benzene rings is 1. The van der Waals surface area contributed by atoms with Crippen molar-refractivity contribution in [3.05, 3.63) is 36.3 Å². The number of nitrogens with two attached hydrogens (primary N) is 1. The molecule has 3 aromatic rings. The molecule has 0 saturated carbocycles. The summed E-state index contributed by atoms with van der Waals surface area (Å²) in [5.41, 5.74) is 8.00. The summed E-state index contributed by atoms with van der Waals surface area (Å²) in [6, 6.07) is 4.73. The average molecular weight is 388 g/mol. The number of nitrogens with zero attached hydrogens (tertiary/aromatic N) is 4. The zero-order valence-corrected chi connectivity index (χ0v) is 15.8. The van der Waals surface area contributed by atoms with E-state index in [1.165, 1.54) is 6.33 Å². The molecule has 0 spiro atoms. The van der Waals surface area contributed by atoms with Gasteiger partial charge in [0.2, 0.25) is 21.7 Å². The Bertz CT molecular complexity index is 1110. The Morgan fingerprint density at radius 3 is 2.85 bits per heavy atom. The van der Waals surface area contributed by atoms with E-state index in [2.05, 4.69) is 19.7 Å². The number of anilines is 1. The smallest absolute Gasteiger partial charge is 0.240 e. The minimum atomic E-state index is -3.68. The fourth-order valence-corrected chi connectivity index (χ4v) is 4.52. The van der Waals surface area contributed by atoms with E-state index >= 15 is 0 Å². The molecule has 4 rings (SSSR count). The summed E-state index contributed by atoms with van der Waals surface area (Å²) in [7, 11) is -3.68. The van der Waals surface area contributed by atoms with Crippen LogP contribution in [0.2, 0.25) is 0 Å². The molecular weight excluding hydrogens is 368 g/mol. The lowest BCUT2D eigenvalue weighted by molar-refractivity contribution is 0.117. The summed E-state index contributed by atoms with van der Waals surface area (Å²) in [5, 5.41) is 0. The number of rotatable bonds is 4. The van der Waals surface area contributed by atoms with Gasteiger partial charge in [-0.3, -0.25) is 4.40 Å². The van der Waals surface area contributed by atoms with Crippen molar-refractivity contribution in [2.45, 2.75) is 37.3 Å². The molecule has 9 nitrogen and oxygen atoms in total. The van der Waals surface area contributed by atoms with Crippen molar-refractivity contribution in [2.75, 3.05) is 12.3 Å². The average Bonchev–Trinajstić information content (AvgIpc) is 3.22. The van der Waals surface area contributed by atoms with E-state index < -0.39 is 10.0 Å². The molecule has 10 heteroatoms. The highest BCUT2D eigenvalue weighted by atomic mass is 32.2. The van der Waals surface area contributed by atoms with E-state index in [4.69, 9.17) is 10.5 Å². The number of aromatic nitrogens is 4. The second-order valence-electron chi connectivity index (χ2n) is 6.60. The first-order valence-corrected chi connectivity index (χ1v) is 10.0. The third-order valence-corrected chi connectivity index (χ3v) is 6.26. The second-order valence-corrected chi connectivity index (χ2v) is 8.31. The zero-order chi connectivity index (χ0) is 19.2. The highest BCUT2D eigenvalue weighted by molar-refractivity contribution is 7.89. The van der Waals surface area contributed by atoms with Gasteiger partial charge in [-0.05, 0) is 38.0 Å². The lowest BCUT2D eigenvalue weighted by Crippen LogP contribution is -2.39. The van der Waals surface area contributed by atoms with Crippen LogP contribution in [0, 0.1) is 6.92 Å². The number of hydrogen-bond donors (Lipinski definition) is 2. The Morgan fingerprint density at radius 1 is 1.33 bits per heavy atom. The molecule has 0 bridgehead atoms. The summed E-state index contributed by atoms with van der Waals surface area (Å²) in [6.45, 7) is 4.31. The van der Waals surface area contributed by atoms with Gasteiger partial charge in [-0.15, -0.1) is 0 Å². The molecule has 1 aliphatic heterocycles. The fraction of sp³-hybridized carbons (Fsp3) is 0.353. The molecule has 1 aliphatic rings. The van der Waals surface area contributed by atoms with Crippen LogP contribution in [-0.4, -0.2) is 46.5 Å². The summed E-state index contributed by atoms with van der Waals surface area (Å²) < 4.78 is 35.4. The maximum atomic E-state index is 12.8. The standard InChI is InChI=1S/C17H20N6O3S/c1-10-3-4-12(27(24,25)22-14-5-6-26-11(14)2)7-13(10)15-8-23-16(18)19-9-20-17(23)21-15/h3-4,7-9,11,14,22H,5-6H2,1-2H3,(H2,18,19,20,21). The first-order chi connectivity index (χ1) is 12.8. The summed E-state index contributed by atoms with van der Waals surface area (Å²) >= 11 is 0. The Hall–Kier alpha value is -2.56. The van der Waals surface area contributed by atoms with E-state index in [-0.39, 0.29) is 23.0 Å². The van der Waals surface area contributed by atoms with Crippen LogP contribution in [-0.2, 0) is 14.8 Å². The Labute approximate surface area is 156 Å². The monoisotopic (exact) mass is 388 g/mol. The topological polar surface area (TPSA) is 124 Å². The molecule has 2 unspecified atom stereocenters. The predicted octanol–water partition coefficient (Wildman–Crippen LogP) is 1.14. The van der Waals surface area contributed by atoms with Crippen molar-refractivity contribution in [1.82, 2.24) is 24.1 Å². The molecule has 27 heavy (non-hydrogen) atoms. The molecule has 1 saturated heterocycles. The number of ether oxygens (including phenoxy) is 1. The van der Waals surface area contributed by atoms with Crippen LogP contribution in [0.3, 0.4) is 0 Å². The summed E-state index contributed by atoms with van der Waals surface area (Å²) in [5.74, 6) is 0.664. The fourth-order valence-electron chi connectivity index (χ4n) is 3.16. The number of aryl methyl sites for hydroxylation is 1. The van der Waals surface area contributed by atoms with Gasteiger partial charge in [0.25, 0.3) is 0 Å². The van der Waals surface area contributed by atoms with Gasteiger partial charge in [0, 0.05) is 18.4 Å². The molecule has 3 N–H and O–H groups in total. The molecule has 2 aromatic heterocycles. The summed E-state index contributed by atoms with van der Waals surface area (Å²) in [4.78, 5) is 12.6. The van der Waals surface area contributed by atoms with Crippen LogP contribution >= 0.6 is 0 Å². The minimum Gasteiger partial charge on any atom is -0.377 e. The van der Waals surface area contributed by atoms with Gasteiger partial charge < -0.3 is 10.5 Å². The van der Waals surface area contributed by atoms with Crippen LogP contribution in [0.25, 0.3) is 17.0 Å². The van der Waals surface area contributed by atoms with Crippen LogP contribution in [0.4, 0.5) is 5.95 Å². The van der Waals surface area contributed by atoms with Crippen molar-refractivity contribution in [2.24, 2.45) is 0 Å². The Morgan fingerprint density at radius 2 is 2.15 bits per heavy atom. The molecule has 0 amide bonds. The maximum Gasteiger partial charge on any atom is 0.240 e. The normalized spacial score (nSPS) is 20.4. The quantitative estimate of drug-likeness (QED) is 0.686. The largest absolute Gasteiger partial charge is 0.377 e. The Kier molecular flexibility index (Phi) is 4.33. The first kappa shape index (κ1) is 17.8. The van der Waals surface area contributed by atoms with Crippen LogP contribution in [0.5, 0.6) is 0 Å². The van der Waals surface area contributed by atoms with E-state index in [9.17, 15) is 8.42 Å².